The summed E-state index contributed by atoms with van der Waals surface area (Å²) in [4.78, 5) is 23.2. The van der Waals surface area contributed by atoms with Gasteiger partial charge in [0.1, 0.15) is 11.4 Å². The third-order valence-electron chi connectivity index (χ3n) is 5.38. The molecule has 1 N–H and O–H groups in total. The predicted molar refractivity (Wildman–Crippen MR) is 108 cm³/mol. The van der Waals surface area contributed by atoms with E-state index in [4.69, 9.17) is 4.74 Å². The van der Waals surface area contributed by atoms with Crippen LogP contribution in [0.1, 0.15) is 63.3 Å². The second-order valence-electron chi connectivity index (χ2n) is 8.68. The summed E-state index contributed by atoms with van der Waals surface area (Å²) in [6.07, 6.45) is 6.31. The number of nitrogens with zero attached hydrogens (tertiary/aromatic N) is 3. The highest BCUT2D eigenvalue weighted by Crippen LogP contribution is 2.39. The molecule has 1 saturated carbocycles. The van der Waals surface area contributed by atoms with Crippen LogP contribution in [0.15, 0.2) is 42.7 Å². The predicted octanol–water partition coefficient (Wildman–Crippen LogP) is 4.20. The normalized spacial score (nSPS) is 24.2. The lowest BCUT2D eigenvalue weighted by Crippen LogP contribution is -2.47. The van der Waals surface area contributed by atoms with E-state index >= 15 is 0 Å². The highest BCUT2D eigenvalue weighted by atomic mass is 16.6. The van der Waals surface area contributed by atoms with Crippen molar-refractivity contribution < 1.29 is 9.53 Å². The van der Waals surface area contributed by atoms with E-state index in [-0.39, 0.29) is 12.1 Å². The molecule has 0 spiro atoms. The average Bonchev–Trinajstić information content (AvgIpc) is 2.63. The Balaban J connectivity index is 1.42. The number of anilines is 1. The third-order valence-corrected chi connectivity index (χ3v) is 5.38. The number of carbonyl (C=O) groups excluding carboxylic acids is 1. The third kappa shape index (κ3) is 4.02. The number of nitrogens with one attached hydrogen (secondary N) is 1. The lowest BCUT2D eigenvalue weighted by Gasteiger charge is -2.41. The Kier molecular flexibility index (Phi) is 5.06. The van der Waals surface area contributed by atoms with Crippen LogP contribution in [0.25, 0.3) is 0 Å². The standard InChI is InChI=1S/C22H28N4O2/c1-22(2,3)28-21(27)26-12-9-19(17-7-6-11-24-20(17)26)25-16-13-15(14-16)18-8-4-5-10-23-18/h4-8,10-11,15-16,19,25H,9,12-14H2,1-3H3. The summed E-state index contributed by atoms with van der Waals surface area (Å²) in [5, 5.41) is 3.77. The second kappa shape index (κ2) is 7.51. The van der Waals surface area contributed by atoms with Crippen LogP contribution < -0.4 is 10.2 Å². The van der Waals surface area contributed by atoms with Crippen LogP contribution in [0.3, 0.4) is 0 Å². The molecule has 3 heterocycles. The molecule has 0 radical (unpaired) electrons. The average molecular weight is 380 g/mol. The zero-order valence-corrected chi connectivity index (χ0v) is 16.8. The Bertz CT molecular complexity index is 828. The SMILES string of the molecule is CC(C)(C)OC(=O)N1CCC(NC2CC(c3ccccn3)C2)c2cccnc21. The van der Waals surface area contributed by atoms with Crippen molar-refractivity contribution in [3.63, 3.8) is 0 Å². The number of aromatic nitrogens is 2. The van der Waals surface area contributed by atoms with Crippen molar-refractivity contribution in [3.05, 3.63) is 54.0 Å². The number of fused-ring (bicyclic) bond motifs is 1. The first-order valence-electron chi connectivity index (χ1n) is 10.0. The molecule has 28 heavy (non-hydrogen) atoms. The molecule has 6 nitrogen and oxygen atoms in total. The van der Waals surface area contributed by atoms with E-state index in [9.17, 15) is 4.79 Å². The van der Waals surface area contributed by atoms with Crippen molar-refractivity contribution >= 4 is 11.9 Å². The first-order valence-corrected chi connectivity index (χ1v) is 10.0. The minimum atomic E-state index is -0.520. The van der Waals surface area contributed by atoms with E-state index in [0.29, 0.717) is 24.3 Å². The van der Waals surface area contributed by atoms with Gasteiger partial charge in [0.05, 0.1) is 0 Å². The molecule has 0 saturated heterocycles. The minimum absolute atomic E-state index is 0.206. The molecule has 1 atom stereocenters. The quantitative estimate of drug-likeness (QED) is 0.864. The van der Waals surface area contributed by atoms with Crippen molar-refractivity contribution in [2.45, 2.75) is 63.6 Å². The Hall–Kier alpha value is -2.47. The number of carbonyl (C=O) groups is 1. The number of amides is 1. The van der Waals surface area contributed by atoms with E-state index in [1.54, 1.807) is 11.1 Å². The van der Waals surface area contributed by atoms with Crippen LogP contribution in [0, 0.1) is 0 Å². The zero-order chi connectivity index (χ0) is 19.7. The number of pyridine rings is 2. The number of rotatable bonds is 3. The maximum absolute atomic E-state index is 12.6. The monoisotopic (exact) mass is 380 g/mol. The van der Waals surface area contributed by atoms with Crippen molar-refractivity contribution in [1.82, 2.24) is 15.3 Å². The van der Waals surface area contributed by atoms with Crippen LogP contribution in [-0.2, 0) is 4.74 Å². The molecule has 2 aromatic rings. The maximum atomic E-state index is 12.6. The van der Waals surface area contributed by atoms with Crippen molar-refractivity contribution in [2.24, 2.45) is 0 Å². The molecule has 0 aromatic carbocycles. The molecule has 1 aliphatic heterocycles. The van der Waals surface area contributed by atoms with Gasteiger partial charge in [-0.05, 0) is 58.2 Å². The van der Waals surface area contributed by atoms with E-state index in [1.165, 1.54) is 5.69 Å². The summed E-state index contributed by atoms with van der Waals surface area (Å²) in [6.45, 7) is 6.25. The van der Waals surface area contributed by atoms with Gasteiger partial charge < -0.3 is 10.1 Å². The van der Waals surface area contributed by atoms with Gasteiger partial charge in [-0.2, -0.15) is 0 Å². The number of hydrogen-bond acceptors (Lipinski definition) is 5. The number of hydrogen-bond donors (Lipinski definition) is 1. The Morgan fingerprint density at radius 1 is 1.14 bits per heavy atom. The van der Waals surface area contributed by atoms with E-state index in [2.05, 4.69) is 33.5 Å². The van der Waals surface area contributed by atoms with Crippen LogP contribution >= 0.6 is 0 Å². The molecule has 2 aromatic heterocycles. The van der Waals surface area contributed by atoms with Gasteiger partial charge in [0, 0.05) is 48.2 Å². The summed E-state index contributed by atoms with van der Waals surface area (Å²) in [5.74, 6) is 1.25. The molecule has 1 unspecified atom stereocenters. The van der Waals surface area contributed by atoms with Gasteiger partial charge in [-0.3, -0.25) is 9.88 Å². The van der Waals surface area contributed by atoms with Crippen molar-refractivity contribution in [2.75, 3.05) is 11.4 Å². The van der Waals surface area contributed by atoms with Crippen LogP contribution in [0.2, 0.25) is 0 Å². The molecular weight excluding hydrogens is 352 g/mol. The van der Waals surface area contributed by atoms with Crippen LogP contribution in [0.5, 0.6) is 0 Å². The first-order chi connectivity index (χ1) is 13.4. The largest absolute Gasteiger partial charge is 0.443 e. The fraction of sp³-hybridized carbons (Fsp3) is 0.500. The highest BCUT2D eigenvalue weighted by Gasteiger charge is 2.37. The zero-order valence-electron chi connectivity index (χ0n) is 16.8. The molecule has 1 amide bonds. The van der Waals surface area contributed by atoms with Crippen LogP contribution in [-0.4, -0.2) is 34.2 Å². The van der Waals surface area contributed by atoms with Gasteiger partial charge in [0.25, 0.3) is 0 Å². The van der Waals surface area contributed by atoms with Crippen molar-refractivity contribution in [3.8, 4) is 0 Å². The molecule has 1 aliphatic carbocycles. The minimum Gasteiger partial charge on any atom is -0.443 e. The molecule has 6 heteroatoms. The highest BCUT2D eigenvalue weighted by molar-refractivity contribution is 5.88. The van der Waals surface area contributed by atoms with Crippen LogP contribution in [0.4, 0.5) is 10.6 Å². The van der Waals surface area contributed by atoms with Gasteiger partial charge in [-0.1, -0.05) is 12.1 Å². The summed E-state index contributed by atoms with van der Waals surface area (Å²) in [7, 11) is 0. The maximum Gasteiger partial charge on any atom is 0.416 e. The lowest BCUT2D eigenvalue weighted by molar-refractivity contribution is 0.0574. The van der Waals surface area contributed by atoms with Gasteiger partial charge in [0.15, 0.2) is 0 Å². The Labute approximate surface area is 166 Å². The molecule has 2 aliphatic rings. The van der Waals surface area contributed by atoms with Gasteiger partial charge in [-0.15, -0.1) is 0 Å². The fourth-order valence-electron chi connectivity index (χ4n) is 3.99. The van der Waals surface area contributed by atoms with E-state index in [1.807, 2.05) is 39.1 Å². The molecule has 148 valence electrons. The van der Waals surface area contributed by atoms with Crippen molar-refractivity contribution in [1.29, 1.82) is 0 Å². The summed E-state index contributed by atoms with van der Waals surface area (Å²) in [5.41, 5.74) is 1.73. The summed E-state index contributed by atoms with van der Waals surface area (Å²) in [6, 6.07) is 10.8. The summed E-state index contributed by atoms with van der Waals surface area (Å²) >= 11 is 0. The number of ether oxygens (including phenoxy) is 1. The topological polar surface area (TPSA) is 67.3 Å². The fourth-order valence-corrected chi connectivity index (χ4v) is 3.99. The molecular formula is C22H28N4O2. The molecule has 1 fully saturated rings. The van der Waals surface area contributed by atoms with E-state index < -0.39 is 5.60 Å². The Morgan fingerprint density at radius 2 is 1.93 bits per heavy atom. The lowest BCUT2D eigenvalue weighted by atomic mass is 9.77. The second-order valence-corrected chi connectivity index (χ2v) is 8.68. The molecule has 0 bridgehead atoms. The summed E-state index contributed by atoms with van der Waals surface area (Å²) < 4.78 is 5.57. The first kappa shape index (κ1) is 18.9. The van der Waals surface area contributed by atoms with Gasteiger partial charge in [0.2, 0.25) is 0 Å². The van der Waals surface area contributed by atoms with E-state index in [0.717, 1.165) is 24.8 Å². The molecule has 4 rings (SSSR count). The Morgan fingerprint density at radius 3 is 2.64 bits per heavy atom. The van der Waals surface area contributed by atoms with Gasteiger partial charge >= 0.3 is 6.09 Å². The van der Waals surface area contributed by atoms with Gasteiger partial charge in [-0.25, -0.2) is 9.78 Å². The smallest absolute Gasteiger partial charge is 0.416 e.